The Balaban J connectivity index is 1.36. The van der Waals surface area contributed by atoms with E-state index in [-0.39, 0.29) is 18.9 Å². The molecule has 0 saturated carbocycles. The molecule has 17 atom stereocenters. The quantitative estimate of drug-likeness (QED) is 0.0199. The van der Waals surface area contributed by atoms with E-state index < -0.39 is 124 Å². The second-order valence-electron chi connectivity index (χ2n) is 31.0. The van der Waals surface area contributed by atoms with Gasteiger partial charge in [-0.3, -0.25) is 4.79 Å². The first-order chi connectivity index (χ1) is 51.8. The smallest absolute Gasteiger partial charge is 0.220 e. The van der Waals surface area contributed by atoms with Crippen molar-refractivity contribution in [3.8, 4) is 0 Å². The second kappa shape index (κ2) is 67.0. The molecule has 19 heteroatoms. The predicted molar refractivity (Wildman–Crippen MR) is 425 cm³/mol. The van der Waals surface area contributed by atoms with Gasteiger partial charge >= 0.3 is 0 Å². The van der Waals surface area contributed by atoms with Crippen LogP contribution in [-0.2, 0) is 33.2 Å². The molecule has 3 fully saturated rings. The molecule has 0 bridgehead atoms. The van der Waals surface area contributed by atoms with Crippen LogP contribution in [0.4, 0.5) is 0 Å². The minimum Gasteiger partial charge on any atom is -0.394 e. The number of rotatable bonds is 70. The fourth-order valence-electron chi connectivity index (χ4n) is 14.6. The molecule has 17 unspecified atom stereocenters. The number of ether oxygens (including phenoxy) is 6. The fraction of sp³-hybridized carbons (Fsp3) is 0.874. The summed E-state index contributed by atoms with van der Waals surface area (Å²) in [6, 6.07) is -0.999. The molecule has 3 heterocycles. The summed E-state index contributed by atoms with van der Waals surface area (Å²) < 4.78 is 34.5. The van der Waals surface area contributed by atoms with Crippen molar-refractivity contribution in [1.82, 2.24) is 5.32 Å². The van der Waals surface area contributed by atoms with Crippen molar-refractivity contribution in [2.75, 3.05) is 26.4 Å². The Hall–Kier alpha value is -2.51. The summed E-state index contributed by atoms with van der Waals surface area (Å²) in [4.78, 5) is 13.5. The zero-order chi connectivity index (χ0) is 76.7. The van der Waals surface area contributed by atoms with Crippen molar-refractivity contribution in [2.45, 2.75) is 458 Å². The molecule has 0 aromatic carbocycles. The van der Waals surface area contributed by atoms with Crippen LogP contribution in [0.5, 0.6) is 0 Å². The molecule has 3 rings (SSSR count). The number of unbranched alkanes of at least 4 members (excludes halogenated alkanes) is 46. The number of amides is 1. The zero-order valence-corrected chi connectivity index (χ0v) is 66.7. The largest absolute Gasteiger partial charge is 0.394 e. The monoisotopic (exact) mass is 1510 g/mol. The van der Waals surface area contributed by atoms with Gasteiger partial charge in [-0.15, -0.1) is 0 Å². The van der Waals surface area contributed by atoms with Crippen LogP contribution in [0.3, 0.4) is 0 Å². The lowest BCUT2D eigenvalue weighted by atomic mass is 9.96. The number of aliphatic hydroxyl groups is 11. The molecule has 0 spiro atoms. The molecule has 12 N–H and O–H groups in total. The highest BCUT2D eigenvalue weighted by molar-refractivity contribution is 5.76. The van der Waals surface area contributed by atoms with Crippen LogP contribution < -0.4 is 5.32 Å². The van der Waals surface area contributed by atoms with Gasteiger partial charge < -0.3 is 89.9 Å². The third-order valence-electron chi connectivity index (χ3n) is 21.5. The summed E-state index contributed by atoms with van der Waals surface area (Å²) in [5.41, 5.74) is 0. The number of carbonyl (C=O) groups is 1. The van der Waals surface area contributed by atoms with Crippen LogP contribution in [0.15, 0.2) is 60.8 Å². The van der Waals surface area contributed by atoms with Crippen LogP contribution >= 0.6 is 0 Å². The standard InChI is InChI=1S/C87H159NO18/c1-3-5-7-9-11-13-15-17-19-21-23-25-27-29-31-33-34-35-36-37-39-41-43-45-47-49-51-53-55-57-59-61-63-65-75(93)88-70(71(92)64-62-60-58-56-54-52-50-48-46-44-42-40-38-32-30-28-26-24-22-20-18-16-14-12-10-8-6-4-2)69-101-85-81(99)78(96)83(73(67-90)103-85)106-87-82(100)79(97)84(74(68-91)104-87)105-86-80(98)77(95)76(94)72(66-89)102-86/h15,17,21,23,46,48,54,56,62,64,70-74,76-87,89-92,94-100H,3-14,16,18-20,22,24-45,47,49-53,55,57-61,63,65-69H2,1-2H3,(H,88,93)/b17-15-,23-21-,48-46+,56-54+,64-62+. The van der Waals surface area contributed by atoms with Crippen molar-refractivity contribution >= 4 is 5.91 Å². The van der Waals surface area contributed by atoms with Gasteiger partial charge in [-0.1, -0.05) is 331 Å². The van der Waals surface area contributed by atoms with E-state index in [1.54, 1.807) is 6.08 Å². The number of carbonyl (C=O) groups excluding carboxylic acids is 1. The molecular formula is C87H159NO18. The number of nitrogens with one attached hydrogen (secondary N) is 1. The van der Waals surface area contributed by atoms with Crippen LogP contribution in [-0.4, -0.2) is 193 Å². The van der Waals surface area contributed by atoms with Crippen LogP contribution in [0, 0.1) is 0 Å². The number of allylic oxidation sites excluding steroid dienone is 9. The Morgan fingerprint density at radius 2 is 0.632 bits per heavy atom. The summed E-state index contributed by atoms with van der Waals surface area (Å²) >= 11 is 0. The average molecular weight is 1510 g/mol. The summed E-state index contributed by atoms with van der Waals surface area (Å²) in [5, 5.41) is 121. The highest BCUT2D eigenvalue weighted by atomic mass is 16.8. The molecule has 3 aliphatic heterocycles. The van der Waals surface area contributed by atoms with Gasteiger partial charge in [0.2, 0.25) is 5.91 Å². The molecule has 3 aliphatic rings. The van der Waals surface area contributed by atoms with Gasteiger partial charge in [0.05, 0.1) is 38.6 Å². The van der Waals surface area contributed by atoms with Gasteiger partial charge in [0.25, 0.3) is 0 Å². The van der Waals surface area contributed by atoms with Gasteiger partial charge in [0.15, 0.2) is 18.9 Å². The van der Waals surface area contributed by atoms with Crippen LogP contribution in [0.1, 0.15) is 354 Å². The van der Waals surface area contributed by atoms with Crippen LogP contribution in [0.25, 0.3) is 0 Å². The van der Waals surface area contributed by atoms with Gasteiger partial charge in [0, 0.05) is 6.42 Å². The maximum Gasteiger partial charge on any atom is 0.220 e. The lowest BCUT2D eigenvalue weighted by Crippen LogP contribution is -2.66. The fourth-order valence-corrected chi connectivity index (χ4v) is 14.6. The first-order valence-electron chi connectivity index (χ1n) is 43.5. The number of hydrogen-bond acceptors (Lipinski definition) is 18. The van der Waals surface area contributed by atoms with E-state index in [1.165, 1.54) is 270 Å². The third kappa shape index (κ3) is 45.9. The minimum absolute atomic E-state index is 0.234. The van der Waals surface area contributed by atoms with E-state index in [2.05, 4.69) is 67.8 Å². The lowest BCUT2D eigenvalue weighted by molar-refractivity contribution is -0.379. The molecule has 0 aromatic rings. The van der Waals surface area contributed by atoms with E-state index in [9.17, 15) is 61.0 Å². The highest BCUT2D eigenvalue weighted by Crippen LogP contribution is 2.33. The molecule has 3 saturated heterocycles. The number of hydrogen-bond donors (Lipinski definition) is 12. The van der Waals surface area contributed by atoms with Crippen molar-refractivity contribution < 1.29 is 89.4 Å². The van der Waals surface area contributed by atoms with Crippen LogP contribution in [0.2, 0.25) is 0 Å². The molecule has 620 valence electrons. The molecule has 0 radical (unpaired) electrons. The van der Waals surface area contributed by atoms with E-state index >= 15 is 0 Å². The normalized spacial score (nSPS) is 25.9. The molecular weight excluding hydrogens is 1350 g/mol. The third-order valence-corrected chi connectivity index (χ3v) is 21.5. The van der Waals surface area contributed by atoms with E-state index in [4.69, 9.17) is 28.4 Å². The summed E-state index contributed by atoms with van der Waals surface area (Å²) in [6.45, 7) is 1.75. The molecule has 19 nitrogen and oxygen atoms in total. The maximum absolute atomic E-state index is 13.5. The van der Waals surface area contributed by atoms with Crippen molar-refractivity contribution in [3.05, 3.63) is 60.8 Å². The molecule has 1 amide bonds. The lowest BCUT2D eigenvalue weighted by Gasteiger charge is -2.48. The number of aliphatic hydroxyl groups excluding tert-OH is 11. The summed E-state index contributed by atoms with van der Waals surface area (Å²) in [5.74, 6) is -0.284. The average Bonchev–Trinajstić information content (AvgIpc) is 0.781. The van der Waals surface area contributed by atoms with Gasteiger partial charge in [0.1, 0.15) is 73.2 Å². The Bertz CT molecular complexity index is 2150. The van der Waals surface area contributed by atoms with Gasteiger partial charge in [-0.2, -0.15) is 0 Å². The molecule has 0 aliphatic carbocycles. The SMILES string of the molecule is CCCCCCC/C=C\C/C=C\CCCCCCCCCCCCCCCCCCCCCCCC(=O)NC(COC1OC(CO)C(OC2OC(CO)C(OC3OC(CO)C(O)C(O)C3O)C(O)C2O)C(O)C1O)C(O)/C=C/CC/C=C/CC/C=C/CCCCCCCCCCCCCCCCCCCC. The minimum atomic E-state index is -1.98. The summed E-state index contributed by atoms with van der Waals surface area (Å²) in [7, 11) is 0. The van der Waals surface area contributed by atoms with Gasteiger partial charge in [-0.05, 0) is 77.0 Å². The predicted octanol–water partition coefficient (Wildman–Crippen LogP) is 15.8. The molecule has 0 aromatic heterocycles. The first kappa shape index (κ1) is 97.7. The summed E-state index contributed by atoms with van der Waals surface area (Å²) in [6.07, 6.45) is 60.9. The van der Waals surface area contributed by atoms with Crippen molar-refractivity contribution in [3.63, 3.8) is 0 Å². The Labute approximate surface area is 643 Å². The highest BCUT2D eigenvalue weighted by Gasteiger charge is 2.54. The van der Waals surface area contributed by atoms with E-state index in [1.807, 2.05) is 6.08 Å². The van der Waals surface area contributed by atoms with Crippen molar-refractivity contribution in [2.24, 2.45) is 0 Å². The zero-order valence-electron chi connectivity index (χ0n) is 66.7. The Morgan fingerprint density at radius 3 is 1.00 bits per heavy atom. The first-order valence-corrected chi connectivity index (χ1v) is 43.5. The maximum atomic E-state index is 13.5. The van der Waals surface area contributed by atoms with E-state index in [0.717, 1.165) is 51.4 Å². The Morgan fingerprint density at radius 1 is 0.340 bits per heavy atom. The van der Waals surface area contributed by atoms with E-state index in [0.29, 0.717) is 12.8 Å². The Kier molecular flexibility index (Phi) is 61.8. The second-order valence-corrected chi connectivity index (χ2v) is 31.0. The van der Waals surface area contributed by atoms with Crippen molar-refractivity contribution in [1.29, 1.82) is 0 Å². The van der Waals surface area contributed by atoms with Gasteiger partial charge in [-0.25, -0.2) is 0 Å². The topological polar surface area (TPSA) is 307 Å². The molecule has 106 heavy (non-hydrogen) atoms.